The predicted octanol–water partition coefficient (Wildman–Crippen LogP) is 1.42. The van der Waals surface area contributed by atoms with E-state index in [-0.39, 0.29) is 12.0 Å². The molecule has 0 spiro atoms. The van der Waals surface area contributed by atoms with Gasteiger partial charge in [-0.1, -0.05) is 0 Å². The number of hydrogen-bond donors (Lipinski definition) is 1. The molecule has 4 nitrogen and oxygen atoms in total. The fourth-order valence-electron chi connectivity index (χ4n) is 2.95. The van der Waals surface area contributed by atoms with Crippen molar-refractivity contribution >= 4 is 5.91 Å². The lowest BCUT2D eigenvalue weighted by Gasteiger charge is -2.37. The summed E-state index contributed by atoms with van der Waals surface area (Å²) in [5, 5.41) is 9.22. The number of ether oxygens (including phenoxy) is 1. The summed E-state index contributed by atoms with van der Waals surface area (Å²) in [6, 6.07) is 0. The topological polar surface area (TPSA) is 49.8 Å². The molecule has 2 aliphatic rings. The largest absolute Gasteiger partial charge is 0.393 e. The van der Waals surface area contributed by atoms with Crippen LogP contribution in [0.1, 0.15) is 39.0 Å². The maximum atomic E-state index is 12.0. The zero-order chi connectivity index (χ0) is 13.1. The van der Waals surface area contributed by atoms with E-state index < -0.39 is 0 Å². The molecule has 0 aromatic rings. The van der Waals surface area contributed by atoms with E-state index in [4.69, 9.17) is 4.74 Å². The Morgan fingerprint density at radius 2 is 1.94 bits per heavy atom. The van der Waals surface area contributed by atoms with Crippen LogP contribution in [0, 0.1) is 11.8 Å². The number of amides is 1. The van der Waals surface area contributed by atoms with Crippen molar-refractivity contribution in [3.8, 4) is 0 Å². The maximum absolute atomic E-state index is 12.0. The fourth-order valence-corrected chi connectivity index (χ4v) is 2.95. The van der Waals surface area contributed by atoms with Crippen LogP contribution >= 0.6 is 0 Å². The highest BCUT2D eigenvalue weighted by atomic mass is 16.5. The molecule has 104 valence electrons. The van der Waals surface area contributed by atoms with Crippen molar-refractivity contribution in [1.82, 2.24) is 4.90 Å². The Balaban J connectivity index is 1.60. The van der Waals surface area contributed by atoms with Gasteiger partial charge in [0.25, 0.3) is 0 Å². The lowest BCUT2D eigenvalue weighted by molar-refractivity contribution is -0.134. The Morgan fingerprint density at radius 3 is 2.50 bits per heavy atom. The SMILES string of the molecule is CCOC1CC(CC(=O)N(C)CC2CC(O)C2)C1. The fraction of sp³-hybridized carbons (Fsp3) is 0.929. The standard InChI is InChI=1S/C14H25NO3/c1-3-18-13-6-10(7-13)8-14(17)15(2)9-11-4-12(16)5-11/h10-13,16H,3-9H2,1-2H3. The molecule has 0 radical (unpaired) electrons. The van der Waals surface area contributed by atoms with Crippen LogP contribution in [-0.2, 0) is 9.53 Å². The molecular weight excluding hydrogens is 230 g/mol. The second kappa shape index (κ2) is 6.02. The van der Waals surface area contributed by atoms with Crippen LogP contribution in [0.4, 0.5) is 0 Å². The minimum Gasteiger partial charge on any atom is -0.393 e. The Morgan fingerprint density at radius 1 is 1.28 bits per heavy atom. The van der Waals surface area contributed by atoms with Gasteiger partial charge in [0, 0.05) is 26.6 Å². The van der Waals surface area contributed by atoms with Crippen LogP contribution in [0.25, 0.3) is 0 Å². The molecule has 0 heterocycles. The van der Waals surface area contributed by atoms with Crippen molar-refractivity contribution in [3.05, 3.63) is 0 Å². The summed E-state index contributed by atoms with van der Waals surface area (Å²) < 4.78 is 5.50. The van der Waals surface area contributed by atoms with E-state index in [2.05, 4.69) is 0 Å². The minimum atomic E-state index is -0.128. The zero-order valence-corrected chi connectivity index (χ0v) is 11.5. The van der Waals surface area contributed by atoms with Gasteiger partial charge < -0.3 is 14.7 Å². The van der Waals surface area contributed by atoms with E-state index in [0.29, 0.717) is 24.4 Å². The summed E-state index contributed by atoms with van der Waals surface area (Å²) in [7, 11) is 1.88. The third-order valence-corrected chi connectivity index (χ3v) is 4.23. The predicted molar refractivity (Wildman–Crippen MR) is 69.1 cm³/mol. The quantitative estimate of drug-likeness (QED) is 0.781. The molecule has 0 aromatic heterocycles. The molecule has 0 unspecified atom stereocenters. The normalized spacial score (nSPS) is 34.6. The van der Waals surface area contributed by atoms with Gasteiger partial charge in [0.2, 0.25) is 5.91 Å². The molecule has 1 N–H and O–H groups in total. The van der Waals surface area contributed by atoms with Gasteiger partial charge >= 0.3 is 0 Å². The monoisotopic (exact) mass is 255 g/mol. The van der Waals surface area contributed by atoms with Crippen LogP contribution < -0.4 is 0 Å². The Kier molecular flexibility index (Phi) is 4.62. The van der Waals surface area contributed by atoms with Crippen LogP contribution in [-0.4, -0.2) is 48.3 Å². The number of aliphatic hydroxyl groups excluding tert-OH is 1. The summed E-state index contributed by atoms with van der Waals surface area (Å²) in [5.74, 6) is 1.27. The number of nitrogens with zero attached hydrogens (tertiary/aromatic N) is 1. The van der Waals surface area contributed by atoms with Gasteiger partial charge in [-0.25, -0.2) is 0 Å². The van der Waals surface area contributed by atoms with E-state index in [9.17, 15) is 9.90 Å². The molecule has 18 heavy (non-hydrogen) atoms. The lowest BCUT2D eigenvalue weighted by atomic mass is 9.79. The smallest absolute Gasteiger partial charge is 0.222 e. The number of carbonyl (C=O) groups is 1. The highest BCUT2D eigenvalue weighted by Gasteiger charge is 2.33. The molecule has 0 aromatic carbocycles. The van der Waals surface area contributed by atoms with E-state index >= 15 is 0 Å². The van der Waals surface area contributed by atoms with Crippen molar-refractivity contribution in [2.75, 3.05) is 20.2 Å². The zero-order valence-electron chi connectivity index (χ0n) is 11.5. The highest BCUT2D eigenvalue weighted by molar-refractivity contribution is 5.76. The average Bonchev–Trinajstić information content (AvgIpc) is 2.23. The van der Waals surface area contributed by atoms with Crippen LogP contribution in [0.2, 0.25) is 0 Å². The first-order chi connectivity index (χ1) is 8.58. The summed E-state index contributed by atoms with van der Waals surface area (Å²) in [5.41, 5.74) is 0. The van der Waals surface area contributed by atoms with E-state index in [0.717, 1.165) is 38.8 Å². The average molecular weight is 255 g/mol. The van der Waals surface area contributed by atoms with E-state index in [1.165, 1.54) is 0 Å². The van der Waals surface area contributed by atoms with Crippen LogP contribution in [0.5, 0.6) is 0 Å². The third kappa shape index (κ3) is 3.45. The molecule has 2 rings (SSSR count). The number of rotatable bonds is 6. The Hall–Kier alpha value is -0.610. The van der Waals surface area contributed by atoms with Gasteiger partial charge in [0.1, 0.15) is 0 Å². The Labute approximate surface area is 109 Å². The summed E-state index contributed by atoms with van der Waals surface area (Å²) >= 11 is 0. The van der Waals surface area contributed by atoms with Crippen molar-refractivity contribution < 1.29 is 14.6 Å². The molecule has 2 aliphatic carbocycles. The third-order valence-electron chi connectivity index (χ3n) is 4.23. The molecule has 4 heteroatoms. The summed E-state index contributed by atoms with van der Waals surface area (Å²) in [6.07, 6.45) is 4.71. The molecular formula is C14H25NO3. The van der Waals surface area contributed by atoms with Gasteiger partial charge in [-0.3, -0.25) is 4.79 Å². The first-order valence-electron chi connectivity index (χ1n) is 7.12. The Bertz CT molecular complexity index is 283. The lowest BCUT2D eigenvalue weighted by Crippen LogP contribution is -2.41. The molecule has 0 saturated heterocycles. The summed E-state index contributed by atoms with van der Waals surface area (Å²) in [4.78, 5) is 13.8. The first kappa shape index (κ1) is 13.8. The van der Waals surface area contributed by atoms with Gasteiger partial charge in [-0.05, 0) is 44.4 Å². The van der Waals surface area contributed by atoms with Gasteiger partial charge in [-0.15, -0.1) is 0 Å². The molecule has 0 aliphatic heterocycles. The van der Waals surface area contributed by atoms with Crippen molar-refractivity contribution in [3.63, 3.8) is 0 Å². The van der Waals surface area contributed by atoms with Crippen molar-refractivity contribution in [2.24, 2.45) is 11.8 Å². The van der Waals surface area contributed by atoms with Crippen molar-refractivity contribution in [2.45, 2.75) is 51.2 Å². The van der Waals surface area contributed by atoms with Gasteiger partial charge in [0.15, 0.2) is 0 Å². The molecule has 0 atom stereocenters. The van der Waals surface area contributed by atoms with E-state index in [1.807, 2.05) is 18.9 Å². The van der Waals surface area contributed by atoms with E-state index in [1.54, 1.807) is 0 Å². The van der Waals surface area contributed by atoms with Gasteiger partial charge in [-0.2, -0.15) is 0 Å². The molecule has 1 amide bonds. The second-order valence-corrected chi connectivity index (χ2v) is 5.88. The summed E-state index contributed by atoms with van der Waals surface area (Å²) in [6.45, 7) is 3.59. The first-order valence-corrected chi connectivity index (χ1v) is 7.12. The number of aliphatic hydroxyl groups is 1. The molecule has 2 saturated carbocycles. The maximum Gasteiger partial charge on any atom is 0.222 e. The highest BCUT2D eigenvalue weighted by Crippen LogP contribution is 2.33. The molecule has 0 bridgehead atoms. The number of carbonyl (C=O) groups excluding carboxylic acids is 1. The van der Waals surface area contributed by atoms with Crippen LogP contribution in [0.15, 0.2) is 0 Å². The van der Waals surface area contributed by atoms with Crippen molar-refractivity contribution in [1.29, 1.82) is 0 Å². The van der Waals surface area contributed by atoms with Crippen LogP contribution in [0.3, 0.4) is 0 Å². The number of hydrogen-bond acceptors (Lipinski definition) is 3. The molecule has 2 fully saturated rings. The minimum absolute atomic E-state index is 0.128. The van der Waals surface area contributed by atoms with Gasteiger partial charge in [0.05, 0.1) is 12.2 Å². The second-order valence-electron chi connectivity index (χ2n) is 5.88.